The number of unbranched alkanes of at least 4 members (excludes halogenated alkanes) is 2. The van der Waals surface area contributed by atoms with Crippen LogP contribution in [0.2, 0.25) is 0 Å². The van der Waals surface area contributed by atoms with Gasteiger partial charge in [0.15, 0.2) is 52.4 Å². The number of nitrogens with two attached hydrogens (primary N) is 4. The van der Waals surface area contributed by atoms with E-state index in [0.717, 1.165) is 168 Å². The molecule has 0 fully saturated rings. The minimum Gasteiger partial charge on any atom is -0.463 e. The zero-order chi connectivity index (χ0) is 83.7. The Balaban J connectivity index is -0.0000000775. The number of anilines is 1. The van der Waals surface area contributed by atoms with E-state index in [1.54, 1.807) is 38.3 Å². The molecular weight excluding hydrogens is 1550 g/mol. The van der Waals surface area contributed by atoms with Crippen LogP contribution in [0, 0.1) is 10.1 Å². The number of aliphatic imine (C=N–C) groups is 7. The van der Waals surface area contributed by atoms with Crippen molar-refractivity contribution in [3.8, 4) is 0 Å². The van der Waals surface area contributed by atoms with E-state index in [4.69, 9.17) is 27.7 Å². The molecule has 0 bridgehead atoms. The van der Waals surface area contributed by atoms with Gasteiger partial charge in [-0.05, 0) is 110 Å². The van der Waals surface area contributed by atoms with Gasteiger partial charge in [-0.25, -0.2) is 34.6 Å². The van der Waals surface area contributed by atoms with Crippen LogP contribution in [0.15, 0.2) is 120 Å². The van der Waals surface area contributed by atoms with Crippen LogP contribution in [0.1, 0.15) is 198 Å². The third-order valence-corrected chi connectivity index (χ3v) is 16.8. The van der Waals surface area contributed by atoms with E-state index in [1.807, 2.05) is 116 Å². The molecule has 0 aliphatic carbocycles. The van der Waals surface area contributed by atoms with Gasteiger partial charge < -0.3 is 102 Å². The number of rotatable bonds is 23. The molecule has 0 amide bonds. The lowest BCUT2D eigenvalue weighted by Crippen LogP contribution is -2.39. The lowest BCUT2D eigenvalue weighted by molar-refractivity contribution is -0.693. The molecule has 4 aromatic heterocycles. The molecule has 4 aliphatic heterocycles. The number of aryl methyl sites for hydroxylation is 4. The van der Waals surface area contributed by atoms with Gasteiger partial charge in [-0.15, -0.1) is 0 Å². The Morgan fingerprint density at radius 3 is 1.49 bits per heavy atom. The number of nitrogens with zero attached hydrogens (tertiary/aromatic N) is 24. The van der Waals surface area contributed by atoms with Crippen LogP contribution in [0.3, 0.4) is 0 Å². The van der Waals surface area contributed by atoms with Crippen LogP contribution in [-0.4, -0.2) is 327 Å². The number of hydrogen-bond acceptors (Lipinski definition) is 23. The van der Waals surface area contributed by atoms with Crippen LogP contribution in [0.25, 0.3) is 0 Å². The number of pyridine rings is 1. The second-order valence-corrected chi connectivity index (χ2v) is 25.2. The number of hydrogen-bond donors (Lipinski definition) is 8. The zero-order valence-electron chi connectivity index (χ0n) is 72.5. The summed E-state index contributed by atoms with van der Waals surface area (Å²) in [5.41, 5.74) is 21.0. The SMILES string of the molecule is C.C.C.C.C.C.C.C.C.C.C.CCCCCNC(=NC)N(C)CC.CCN(C)C1=NCCN1.CCN(C)C1=NCCN1C.CCN(C)C1=NCCO1.CCN(C)C1=NCCS1.CCN(C)CCN=C(C)N.CCN(C)CCN=C(N)N.CCN/C(=N\[N+](=O)[O-])NC.CC[n+]1ccccc1.CCn1ccnc1.CCn1ccnc1.CCn1ccnc1N. The Kier molecular flexibility index (Phi) is 123. The van der Waals surface area contributed by atoms with Gasteiger partial charge in [0.05, 0.1) is 57.8 Å². The maximum Gasteiger partial charge on any atom is 0.287 e. The quantitative estimate of drug-likeness (QED) is 0.00854. The van der Waals surface area contributed by atoms with Crippen LogP contribution >= 0.6 is 11.8 Å². The summed E-state index contributed by atoms with van der Waals surface area (Å²) < 4.78 is 13.2. The molecule has 0 saturated carbocycles. The van der Waals surface area contributed by atoms with Gasteiger partial charge in [0.1, 0.15) is 18.3 Å². The normalized spacial score (nSPS) is 11.6. The van der Waals surface area contributed by atoms with Crippen molar-refractivity contribution < 1.29 is 14.3 Å². The maximum atomic E-state index is 9.78. The molecule has 121 heavy (non-hydrogen) atoms. The molecule has 8 rings (SSSR count). The molecule has 0 radical (unpaired) electrons. The second-order valence-electron chi connectivity index (χ2n) is 24.2. The minimum atomic E-state index is -0.755. The number of aromatic nitrogens is 7. The van der Waals surface area contributed by atoms with E-state index in [-0.39, 0.29) is 93.6 Å². The molecule has 0 aromatic carbocycles. The molecule has 4 aromatic rings. The van der Waals surface area contributed by atoms with Crippen molar-refractivity contribution in [3.63, 3.8) is 0 Å². The first kappa shape index (κ1) is 146. The second kappa shape index (κ2) is 101. The number of nitrogens with one attached hydrogen (secondary N) is 4. The first-order valence-electron chi connectivity index (χ1n) is 38.8. The summed E-state index contributed by atoms with van der Waals surface area (Å²) in [7, 11) is 19.8. The number of ether oxygens (including phenoxy) is 1. The van der Waals surface area contributed by atoms with Crippen molar-refractivity contribution in [2.45, 2.75) is 224 Å². The zero-order valence-corrected chi connectivity index (χ0v) is 73.3. The molecule has 36 heteroatoms. The topological polar surface area (TPSA) is 387 Å². The minimum absolute atomic E-state index is 0. The van der Waals surface area contributed by atoms with Crippen molar-refractivity contribution in [2.24, 2.45) is 57.2 Å². The van der Waals surface area contributed by atoms with Crippen LogP contribution in [-0.2, 0) is 30.9 Å². The molecule has 0 unspecified atom stereocenters. The highest BCUT2D eigenvalue weighted by Crippen LogP contribution is 2.13. The highest BCUT2D eigenvalue weighted by Gasteiger charge is 2.15. The fourth-order valence-corrected chi connectivity index (χ4v) is 8.94. The first-order chi connectivity index (χ1) is 52.7. The number of likely N-dealkylation sites (N-methyl/N-ethyl adjacent to an activating group) is 3. The predicted octanol–water partition coefficient (Wildman–Crippen LogP) is 12.4. The summed E-state index contributed by atoms with van der Waals surface area (Å²) in [4.78, 5) is 67.5. The summed E-state index contributed by atoms with van der Waals surface area (Å²) in [6.07, 6.45) is 22.5. The van der Waals surface area contributed by atoms with Crippen molar-refractivity contribution in [2.75, 3.05) is 213 Å². The summed E-state index contributed by atoms with van der Waals surface area (Å²) in [6, 6.07) is 6.87. The van der Waals surface area contributed by atoms with Gasteiger partial charge in [-0.3, -0.25) is 30.0 Å². The van der Waals surface area contributed by atoms with Crippen molar-refractivity contribution in [1.82, 2.24) is 89.1 Å². The molecular formula is C85H197N32O3S+. The van der Waals surface area contributed by atoms with Crippen molar-refractivity contribution in [3.05, 3.63) is 90.5 Å². The number of thioether (sulfide) groups is 1. The lowest BCUT2D eigenvalue weighted by Gasteiger charge is -2.22. The average molecular weight is 1750 g/mol. The molecule has 0 saturated heterocycles. The van der Waals surface area contributed by atoms with E-state index >= 15 is 0 Å². The van der Waals surface area contributed by atoms with E-state index in [9.17, 15) is 10.1 Å². The molecule has 720 valence electrons. The van der Waals surface area contributed by atoms with Crippen molar-refractivity contribution in [1.29, 1.82) is 0 Å². The highest BCUT2D eigenvalue weighted by atomic mass is 32.2. The average Bonchev–Trinajstić information content (AvgIpc) is 1.76. The van der Waals surface area contributed by atoms with E-state index in [2.05, 4.69) is 239 Å². The number of hydrazone groups is 1. The molecule has 35 nitrogen and oxygen atoms in total. The smallest absolute Gasteiger partial charge is 0.287 e. The number of imidazole rings is 3. The highest BCUT2D eigenvalue weighted by molar-refractivity contribution is 8.14. The third-order valence-electron chi connectivity index (χ3n) is 15.7. The molecule has 8 heterocycles. The summed E-state index contributed by atoms with van der Waals surface area (Å²) >= 11 is 1.85. The lowest BCUT2D eigenvalue weighted by atomic mass is 10.2. The van der Waals surface area contributed by atoms with Crippen LogP contribution < -0.4 is 48.8 Å². The van der Waals surface area contributed by atoms with E-state index in [1.165, 1.54) is 30.2 Å². The third kappa shape index (κ3) is 84.2. The standard InChI is InChI=1S/C10H23N3.C7H15N3.C7H17N3.C7H10N.C6H16N4.C6H13N3.C6H12N2O.C6H12N2S.C5H9N3.2C5H8N2.C4H10N4O2.11CH4/c1-5-7-8-9-12-10(11-3)13(4)6-2;1-4-9(2)7-8-5-6-10(7)3;1-4-10(3)6-5-9-7(2)8;1-2-8-6-4-3-5-7-8;1-3-10(2)5-4-9-6(7)8;1-3-9(2)6-7-4-5-8-6;2*1-3-8(2)6-7-4-5-9-6;1-2-8-4-3-7-5(8)6;2*1-2-7-4-3-6-5-7;1-3-6-4(5-2)7-8(9)10;;;;;;;;;;;/h5-9H2,1-4H3,(H,11,12);4-6H2,1-3H3;4-6H2,1-3H3,(H2,8,9);3-7H,2H2,1H3;3-5H2,1-2H3,(H4,7,8,9);3-5H2,1-2H3,(H,7,8);2*3-5H2,1-2H3;3-4H,2H2,1H3,(H2,6,7);2*3-5H,2H2,1H3;3H2,1-2H3,(H2,5,6,7);11*1H4/q;;;+1;;;;;;;;;;;;;;;;;;;. The Hall–Kier alpha value is -9.19. The number of amidine groups is 3. The fraction of sp³-hybridized carbons (Fsp3) is 0.741. The Bertz CT molecular complexity index is 2860. The van der Waals surface area contributed by atoms with E-state index in [0.29, 0.717) is 24.9 Å². The molecule has 0 atom stereocenters. The Morgan fingerprint density at radius 2 is 1.17 bits per heavy atom. The number of guanidine groups is 5. The van der Waals surface area contributed by atoms with Gasteiger partial charge in [0, 0.05) is 203 Å². The Labute approximate surface area is 749 Å². The summed E-state index contributed by atoms with van der Waals surface area (Å²) in [6.45, 7) is 51.7. The number of nitro groups is 1. The number of nitrogen functional groups attached to an aromatic ring is 1. The van der Waals surface area contributed by atoms with Crippen LogP contribution in [0.5, 0.6) is 0 Å². The summed E-state index contributed by atoms with van der Waals surface area (Å²) in [5, 5.41) is 24.9. The fourth-order valence-electron chi connectivity index (χ4n) is 8.04. The molecule has 4 aliphatic rings. The first-order valence-corrected chi connectivity index (χ1v) is 39.8. The van der Waals surface area contributed by atoms with Crippen molar-refractivity contribution >= 4 is 64.5 Å². The van der Waals surface area contributed by atoms with Gasteiger partial charge in [-0.2, -0.15) is 0 Å². The van der Waals surface area contributed by atoms with Gasteiger partial charge in [-0.1, -0.05) is 133 Å². The van der Waals surface area contributed by atoms with Gasteiger partial charge >= 0.3 is 0 Å². The molecule has 12 N–H and O–H groups in total. The van der Waals surface area contributed by atoms with Gasteiger partial charge in [0.2, 0.25) is 0 Å². The van der Waals surface area contributed by atoms with E-state index < -0.39 is 5.03 Å². The summed E-state index contributed by atoms with van der Waals surface area (Å²) in [5.74, 6) is 5.94. The monoisotopic (exact) mass is 1750 g/mol. The maximum absolute atomic E-state index is 9.78. The largest absolute Gasteiger partial charge is 0.463 e. The van der Waals surface area contributed by atoms with Gasteiger partial charge in [0.25, 0.3) is 12.0 Å². The van der Waals surface area contributed by atoms with Crippen LogP contribution in [0.4, 0.5) is 5.95 Å². The molecule has 0 spiro atoms. The predicted molar refractivity (Wildman–Crippen MR) is 541 cm³/mol. The Morgan fingerprint density at radius 1 is 0.636 bits per heavy atom.